The topological polar surface area (TPSA) is 96.2 Å². The number of benzene rings is 1. The largest absolute Gasteiger partial charge is 0.373 e. The van der Waals surface area contributed by atoms with Gasteiger partial charge in [-0.3, -0.25) is 15.0 Å². The van der Waals surface area contributed by atoms with E-state index in [2.05, 4.69) is 18.7 Å². The standard InChI is InChI=1S/C23H36N4O5S/c1-18-16-25(17-19(2)32-18)20-9-13-24(14-10-20)22-8-7-21(15-23(22)27(28)29)33(30,31)26-11-5-3-4-6-12-26/h7-8,15,18-20H,3-6,9-14,16-17H2,1-2H3. The average Bonchev–Trinajstić information content (AvgIpc) is 3.08. The number of rotatable bonds is 5. The first-order valence-electron chi connectivity index (χ1n) is 12.2. The molecule has 0 aromatic heterocycles. The van der Waals surface area contributed by atoms with Gasteiger partial charge in [-0.25, -0.2) is 8.42 Å². The lowest BCUT2D eigenvalue weighted by atomic mass is 10.0. The Kier molecular flexibility index (Phi) is 7.57. The molecule has 0 aliphatic carbocycles. The van der Waals surface area contributed by atoms with Crippen molar-refractivity contribution in [3.05, 3.63) is 28.3 Å². The van der Waals surface area contributed by atoms with Crippen molar-refractivity contribution in [3.8, 4) is 0 Å². The van der Waals surface area contributed by atoms with Crippen LogP contribution in [0.4, 0.5) is 11.4 Å². The number of morpholine rings is 1. The molecule has 3 heterocycles. The molecule has 3 saturated heterocycles. The van der Waals surface area contributed by atoms with Crippen LogP contribution >= 0.6 is 0 Å². The van der Waals surface area contributed by atoms with E-state index in [0.717, 1.165) is 51.6 Å². The van der Waals surface area contributed by atoms with Crippen LogP contribution in [-0.4, -0.2) is 80.1 Å². The van der Waals surface area contributed by atoms with Crippen LogP contribution in [0.3, 0.4) is 0 Å². The minimum atomic E-state index is -3.73. The quantitative estimate of drug-likeness (QED) is 0.471. The molecule has 184 valence electrons. The van der Waals surface area contributed by atoms with Crippen LogP contribution < -0.4 is 4.90 Å². The second-order valence-corrected chi connectivity index (χ2v) is 11.6. The Labute approximate surface area is 196 Å². The number of nitrogens with zero attached hydrogens (tertiary/aromatic N) is 4. The predicted octanol–water partition coefficient (Wildman–Crippen LogP) is 3.24. The lowest BCUT2D eigenvalue weighted by Gasteiger charge is -2.44. The van der Waals surface area contributed by atoms with Crippen molar-refractivity contribution in [1.29, 1.82) is 0 Å². The highest BCUT2D eigenvalue weighted by molar-refractivity contribution is 7.89. The van der Waals surface area contributed by atoms with Crippen molar-refractivity contribution < 1.29 is 18.1 Å². The Balaban J connectivity index is 1.49. The first-order chi connectivity index (χ1) is 15.8. The molecular weight excluding hydrogens is 444 g/mol. The summed E-state index contributed by atoms with van der Waals surface area (Å²) in [5.74, 6) is 0. The molecule has 2 unspecified atom stereocenters. The van der Waals surface area contributed by atoms with Gasteiger partial charge in [-0.1, -0.05) is 12.8 Å². The number of nitro groups is 1. The Morgan fingerprint density at radius 2 is 1.58 bits per heavy atom. The van der Waals surface area contributed by atoms with Crippen LogP contribution in [0.5, 0.6) is 0 Å². The van der Waals surface area contributed by atoms with Gasteiger partial charge in [-0.05, 0) is 51.7 Å². The number of anilines is 1. The summed E-state index contributed by atoms with van der Waals surface area (Å²) in [5, 5.41) is 11.9. The van der Waals surface area contributed by atoms with Gasteiger partial charge in [-0.15, -0.1) is 0 Å². The highest BCUT2D eigenvalue weighted by Gasteiger charge is 2.33. The fraction of sp³-hybridized carbons (Fsp3) is 0.739. The highest BCUT2D eigenvalue weighted by Crippen LogP contribution is 2.34. The van der Waals surface area contributed by atoms with Crippen molar-refractivity contribution in [2.45, 2.75) is 75.5 Å². The van der Waals surface area contributed by atoms with Gasteiger partial charge in [0, 0.05) is 51.4 Å². The summed E-state index contributed by atoms with van der Waals surface area (Å²) in [6.45, 7) is 8.41. The molecule has 0 spiro atoms. The monoisotopic (exact) mass is 480 g/mol. The number of piperidine rings is 1. The number of hydrogen-bond donors (Lipinski definition) is 0. The summed E-state index contributed by atoms with van der Waals surface area (Å²) in [7, 11) is -3.73. The minimum Gasteiger partial charge on any atom is -0.373 e. The molecule has 0 amide bonds. The normalized spacial score (nSPS) is 26.8. The van der Waals surface area contributed by atoms with E-state index in [9.17, 15) is 18.5 Å². The maximum absolute atomic E-state index is 13.1. The first kappa shape index (κ1) is 24.4. The molecule has 1 aromatic carbocycles. The molecule has 0 saturated carbocycles. The third kappa shape index (κ3) is 5.50. The summed E-state index contributed by atoms with van der Waals surface area (Å²) in [5.41, 5.74) is 0.384. The molecule has 4 rings (SSSR count). The first-order valence-corrected chi connectivity index (χ1v) is 13.6. The summed E-state index contributed by atoms with van der Waals surface area (Å²) >= 11 is 0. The van der Waals surface area contributed by atoms with Gasteiger partial charge in [0.25, 0.3) is 5.69 Å². The molecule has 0 N–H and O–H groups in total. The fourth-order valence-corrected chi connectivity index (χ4v) is 7.03. The van der Waals surface area contributed by atoms with E-state index < -0.39 is 14.9 Å². The molecule has 9 nitrogen and oxygen atoms in total. The zero-order valence-corrected chi connectivity index (χ0v) is 20.5. The van der Waals surface area contributed by atoms with Crippen LogP contribution in [-0.2, 0) is 14.8 Å². The van der Waals surface area contributed by atoms with Crippen LogP contribution in [0, 0.1) is 10.1 Å². The molecule has 10 heteroatoms. The van der Waals surface area contributed by atoms with E-state index in [-0.39, 0.29) is 22.8 Å². The van der Waals surface area contributed by atoms with E-state index in [1.54, 1.807) is 12.1 Å². The van der Waals surface area contributed by atoms with Gasteiger partial charge in [0.15, 0.2) is 0 Å². The highest BCUT2D eigenvalue weighted by atomic mass is 32.2. The zero-order valence-electron chi connectivity index (χ0n) is 19.7. The molecule has 33 heavy (non-hydrogen) atoms. The average molecular weight is 481 g/mol. The van der Waals surface area contributed by atoms with Gasteiger partial charge in [0.05, 0.1) is 22.0 Å². The number of sulfonamides is 1. The van der Waals surface area contributed by atoms with E-state index in [1.807, 2.05) is 4.90 Å². The molecule has 3 aliphatic rings. The van der Waals surface area contributed by atoms with Crippen LogP contribution in [0.25, 0.3) is 0 Å². The number of nitro benzene ring substituents is 1. The van der Waals surface area contributed by atoms with Crippen molar-refractivity contribution in [2.75, 3.05) is 44.2 Å². The summed E-state index contributed by atoms with van der Waals surface area (Å²) < 4.78 is 33.6. The summed E-state index contributed by atoms with van der Waals surface area (Å²) in [4.78, 5) is 16.0. The third-order valence-electron chi connectivity index (χ3n) is 7.12. The van der Waals surface area contributed by atoms with Crippen molar-refractivity contribution >= 4 is 21.4 Å². The number of hydrogen-bond acceptors (Lipinski definition) is 7. The second-order valence-electron chi connectivity index (χ2n) is 9.66. The van der Waals surface area contributed by atoms with E-state index in [0.29, 0.717) is 37.9 Å². The van der Waals surface area contributed by atoms with E-state index >= 15 is 0 Å². The molecule has 1 aromatic rings. The zero-order chi connectivity index (χ0) is 23.6. The number of ether oxygens (including phenoxy) is 1. The Bertz CT molecular complexity index is 930. The van der Waals surface area contributed by atoms with Crippen LogP contribution in [0.1, 0.15) is 52.4 Å². The van der Waals surface area contributed by atoms with Crippen LogP contribution in [0.15, 0.2) is 23.1 Å². The third-order valence-corrected chi connectivity index (χ3v) is 9.01. The smallest absolute Gasteiger partial charge is 0.293 e. The predicted molar refractivity (Wildman–Crippen MR) is 127 cm³/mol. The minimum absolute atomic E-state index is 0.0195. The maximum Gasteiger partial charge on any atom is 0.293 e. The van der Waals surface area contributed by atoms with Gasteiger partial charge < -0.3 is 9.64 Å². The lowest BCUT2D eigenvalue weighted by Crippen LogP contribution is -2.53. The molecular formula is C23H36N4O5S. The Hall–Kier alpha value is -1.75. The second kappa shape index (κ2) is 10.2. The summed E-state index contributed by atoms with van der Waals surface area (Å²) in [6, 6.07) is 4.87. The lowest BCUT2D eigenvalue weighted by molar-refractivity contribution is -0.384. The van der Waals surface area contributed by atoms with Gasteiger partial charge in [-0.2, -0.15) is 4.31 Å². The molecule has 2 atom stereocenters. The van der Waals surface area contributed by atoms with E-state index in [4.69, 9.17) is 4.74 Å². The Morgan fingerprint density at radius 3 is 2.15 bits per heavy atom. The van der Waals surface area contributed by atoms with Gasteiger partial charge in [0.1, 0.15) is 5.69 Å². The Morgan fingerprint density at radius 1 is 0.970 bits per heavy atom. The van der Waals surface area contributed by atoms with Crippen LogP contribution in [0.2, 0.25) is 0 Å². The van der Waals surface area contributed by atoms with Crippen molar-refractivity contribution in [3.63, 3.8) is 0 Å². The SMILES string of the molecule is CC1CN(C2CCN(c3ccc(S(=O)(=O)N4CCCCCC4)cc3[N+](=O)[O-])CC2)CC(C)O1. The van der Waals surface area contributed by atoms with Crippen molar-refractivity contribution in [2.24, 2.45) is 0 Å². The van der Waals surface area contributed by atoms with E-state index in [1.165, 1.54) is 10.4 Å². The molecule has 3 aliphatic heterocycles. The molecule has 3 fully saturated rings. The summed E-state index contributed by atoms with van der Waals surface area (Å²) in [6.07, 6.45) is 5.96. The maximum atomic E-state index is 13.1. The molecule has 0 bridgehead atoms. The van der Waals surface area contributed by atoms with Gasteiger partial charge >= 0.3 is 0 Å². The fourth-order valence-electron chi connectivity index (χ4n) is 5.50. The molecule has 0 radical (unpaired) electrons. The van der Waals surface area contributed by atoms with Crippen molar-refractivity contribution in [1.82, 2.24) is 9.21 Å². The van der Waals surface area contributed by atoms with Gasteiger partial charge in [0.2, 0.25) is 10.0 Å².